The van der Waals surface area contributed by atoms with Crippen molar-refractivity contribution in [1.82, 2.24) is 10.2 Å². The van der Waals surface area contributed by atoms with E-state index < -0.39 is 12.1 Å². The Kier molecular flexibility index (Phi) is 6.89. The van der Waals surface area contributed by atoms with Crippen LogP contribution in [0.5, 0.6) is 0 Å². The van der Waals surface area contributed by atoms with Gasteiger partial charge in [0.05, 0.1) is 13.2 Å². The molecule has 0 spiro atoms. The zero-order valence-corrected chi connectivity index (χ0v) is 13.6. The molecule has 1 fully saturated rings. The zero-order chi connectivity index (χ0) is 16.0. The maximum Gasteiger partial charge on any atom is 0.245 e. The maximum absolute atomic E-state index is 12.5. The lowest BCUT2D eigenvalue weighted by Crippen LogP contribution is -2.65. The maximum atomic E-state index is 12.5. The molecule has 1 heterocycles. The number of amides is 2. The summed E-state index contributed by atoms with van der Waals surface area (Å²) in [7, 11) is 0. The van der Waals surface area contributed by atoms with Gasteiger partial charge in [0.1, 0.15) is 12.1 Å². The minimum absolute atomic E-state index is 0.00840. The third-order valence-corrected chi connectivity index (χ3v) is 3.54. The highest BCUT2D eigenvalue weighted by atomic mass is 16.5. The lowest BCUT2D eigenvalue weighted by Gasteiger charge is -2.40. The summed E-state index contributed by atoms with van der Waals surface area (Å²) in [5.74, 6) is 0.0368. The quantitative estimate of drug-likeness (QED) is 0.548. The number of hydrogen-bond acceptors (Lipinski definition) is 3. The minimum atomic E-state index is -0.404. The highest BCUT2D eigenvalue weighted by Gasteiger charge is 2.41. The number of piperazine rings is 1. The average molecular weight is 296 g/mol. The molecule has 0 radical (unpaired) electrons. The van der Waals surface area contributed by atoms with Gasteiger partial charge in [0.25, 0.3) is 0 Å². The number of nitrogens with zero attached hydrogens (tertiary/aromatic N) is 1. The number of nitrogens with one attached hydrogen (secondary N) is 1. The second kappa shape index (κ2) is 8.17. The van der Waals surface area contributed by atoms with E-state index in [0.717, 1.165) is 12.0 Å². The van der Waals surface area contributed by atoms with Crippen LogP contribution in [0.15, 0.2) is 12.2 Å². The highest BCUT2D eigenvalue weighted by molar-refractivity contribution is 5.97. The predicted molar refractivity (Wildman–Crippen MR) is 82.8 cm³/mol. The van der Waals surface area contributed by atoms with Crippen LogP contribution >= 0.6 is 0 Å². The Balaban J connectivity index is 2.72. The molecule has 1 aliphatic heterocycles. The molecule has 2 amide bonds. The van der Waals surface area contributed by atoms with E-state index in [2.05, 4.69) is 11.9 Å². The van der Waals surface area contributed by atoms with E-state index in [9.17, 15) is 9.59 Å². The van der Waals surface area contributed by atoms with E-state index in [1.54, 1.807) is 4.90 Å². The summed E-state index contributed by atoms with van der Waals surface area (Å²) in [5.41, 5.74) is 0.946. The topological polar surface area (TPSA) is 58.6 Å². The van der Waals surface area contributed by atoms with Gasteiger partial charge >= 0.3 is 0 Å². The lowest BCUT2D eigenvalue weighted by molar-refractivity contribution is -0.152. The third kappa shape index (κ3) is 4.84. The second-order valence-corrected chi connectivity index (χ2v) is 6.08. The number of hydrogen-bond donors (Lipinski definition) is 1. The number of rotatable bonds is 8. The van der Waals surface area contributed by atoms with Crippen molar-refractivity contribution >= 4 is 11.8 Å². The largest absolute Gasteiger partial charge is 0.375 e. The molecule has 2 unspecified atom stereocenters. The summed E-state index contributed by atoms with van der Waals surface area (Å²) in [6.07, 6.45) is 1.54. The average Bonchev–Trinajstić information content (AvgIpc) is 2.38. The molecule has 21 heavy (non-hydrogen) atoms. The van der Waals surface area contributed by atoms with Crippen LogP contribution in [0.25, 0.3) is 0 Å². The standard InChI is InChI=1S/C16H28N2O3/c1-6-7-13-16(20)18(8-9-21-10-11(2)3)14(12(4)5)15(19)17-13/h12-14H,2,6-10H2,1,3-5H3,(H,17,19). The van der Waals surface area contributed by atoms with Gasteiger partial charge in [-0.05, 0) is 19.3 Å². The van der Waals surface area contributed by atoms with Gasteiger partial charge in [-0.15, -0.1) is 0 Å². The van der Waals surface area contributed by atoms with E-state index in [0.29, 0.717) is 26.2 Å². The van der Waals surface area contributed by atoms with Crippen LogP contribution in [-0.4, -0.2) is 48.6 Å². The van der Waals surface area contributed by atoms with Gasteiger partial charge < -0.3 is 15.0 Å². The molecule has 0 aromatic rings. The predicted octanol–water partition coefficient (Wildman–Crippen LogP) is 1.73. The Labute approximate surface area is 127 Å². The monoisotopic (exact) mass is 296 g/mol. The smallest absolute Gasteiger partial charge is 0.245 e. The summed E-state index contributed by atoms with van der Waals surface area (Å²) in [5, 5.41) is 2.85. The fraction of sp³-hybridized carbons (Fsp3) is 0.750. The second-order valence-electron chi connectivity index (χ2n) is 6.08. The lowest BCUT2D eigenvalue weighted by atomic mass is 9.95. The Hall–Kier alpha value is -1.36. The zero-order valence-electron chi connectivity index (χ0n) is 13.6. The third-order valence-electron chi connectivity index (χ3n) is 3.54. The fourth-order valence-electron chi connectivity index (χ4n) is 2.60. The molecule has 0 saturated carbocycles. The first-order valence-corrected chi connectivity index (χ1v) is 7.71. The Morgan fingerprint density at radius 1 is 1.43 bits per heavy atom. The van der Waals surface area contributed by atoms with Crippen molar-refractivity contribution in [3.63, 3.8) is 0 Å². The molecular weight excluding hydrogens is 268 g/mol. The van der Waals surface area contributed by atoms with Gasteiger partial charge in [-0.25, -0.2) is 0 Å². The van der Waals surface area contributed by atoms with Crippen molar-refractivity contribution in [3.8, 4) is 0 Å². The van der Waals surface area contributed by atoms with Crippen molar-refractivity contribution < 1.29 is 14.3 Å². The van der Waals surface area contributed by atoms with Crippen molar-refractivity contribution in [2.24, 2.45) is 5.92 Å². The van der Waals surface area contributed by atoms with E-state index in [1.807, 2.05) is 27.7 Å². The molecule has 5 nitrogen and oxygen atoms in total. The molecular formula is C16H28N2O3. The molecule has 5 heteroatoms. The molecule has 1 aliphatic rings. The highest BCUT2D eigenvalue weighted by Crippen LogP contribution is 2.19. The molecule has 2 atom stereocenters. The van der Waals surface area contributed by atoms with Gasteiger partial charge in [0.2, 0.25) is 11.8 Å². The van der Waals surface area contributed by atoms with Crippen molar-refractivity contribution in [1.29, 1.82) is 0 Å². The van der Waals surface area contributed by atoms with E-state index in [1.165, 1.54) is 0 Å². The van der Waals surface area contributed by atoms with Crippen LogP contribution in [0.4, 0.5) is 0 Å². The van der Waals surface area contributed by atoms with Gasteiger partial charge in [-0.2, -0.15) is 0 Å². The molecule has 1 saturated heterocycles. The van der Waals surface area contributed by atoms with E-state index >= 15 is 0 Å². The van der Waals surface area contributed by atoms with Crippen LogP contribution in [-0.2, 0) is 14.3 Å². The van der Waals surface area contributed by atoms with Crippen molar-refractivity contribution in [2.45, 2.75) is 52.6 Å². The normalized spacial score (nSPS) is 22.6. The summed E-state index contributed by atoms with van der Waals surface area (Å²) >= 11 is 0. The molecule has 0 aliphatic carbocycles. The first kappa shape index (κ1) is 17.7. The first-order valence-electron chi connectivity index (χ1n) is 7.71. The van der Waals surface area contributed by atoms with E-state index in [4.69, 9.17) is 4.74 Å². The van der Waals surface area contributed by atoms with Gasteiger partial charge in [0, 0.05) is 6.54 Å². The first-order chi connectivity index (χ1) is 9.88. The fourth-order valence-corrected chi connectivity index (χ4v) is 2.60. The molecule has 0 aromatic heterocycles. The van der Waals surface area contributed by atoms with E-state index in [-0.39, 0.29) is 17.7 Å². The van der Waals surface area contributed by atoms with Crippen LogP contribution < -0.4 is 5.32 Å². The van der Waals surface area contributed by atoms with Gasteiger partial charge in [0.15, 0.2) is 0 Å². The van der Waals surface area contributed by atoms with Crippen molar-refractivity contribution in [3.05, 3.63) is 12.2 Å². The van der Waals surface area contributed by atoms with Crippen LogP contribution in [0.3, 0.4) is 0 Å². The molecule has 1 rings (SSSR count). The summed E-state index contributed by atoms with van der Waals surface area (Å²) in [6, 6.07) is -0.794. The Morgan fingerprint density at radius 3 is 2.62 bits per heavy atom. The molecule has 120 valence electrons. The van der Waals surface area contributed by atoms with Crippen molar-refractivity contribution in [2.75, 3.05) is 19.8 Å². The van der Waals surface area contributed by atoms with Gasteiger partial charge in [-0.1, -0.05) is 39.3 Å². The molecule has 0 aromatic carbocycles. The molecule has 1 N–H and O–H groups in total. The van der Waals surface area contributed by atoms with Crippen LogP contribution in [0, 0.1) is 5.92 Å². The number of ether oxygens (including phenoxy) is 1. The van der Waals surface area contributed by atoms with Crippen LogP contribution in [0.2, 0.25) is 0 Å². The number of carbonyl (C=O) groups is 2. The summed E-state index contributed by atoms with van der Waals surface area (Å²) < 4.78 is 5.48. The summed E-state index contributed by atoms with van der Waals surface area (Å²) in [6.45, 7) is 13.0. The SMILES string of the molecule is C=C(C)COCCN1C(=O)C(CCC)NC(=O)C1C(C)C. The summed E-state index contributed by atoms with van der Waals surface area (Å²) in [4.78, 5) is 26.5. The molecule has 0 bridgehead atoms. The van der Waals surface area contributed by atoms with Crippen LogP contribution in [0.1, 0.15) is 40.5 Å². The Bertz CT molecular complexity index is 393. The van der Waals surface area contributed by atoms with Gasteiger partial charge in [-0.3, -0.25) is 9.59 Å². The Morgan fingerprint density at radius 2 is 2.10 bits per heavy atom. The number of carbonyl (C=O) groups excluding carboxylic acids is 2. The minimum Gasteiger partial charge on any atom is -0.375 e.